The Morgan fingerprint density at radius 2 is 2.50 bits per heavy atom. The number of hydrogen-bond acceptors (Lipinski definition) is 3. The van der Waals surface area contributed by atoms with Crippen LogP contribution in [0, 0.1) is 0 Å². The molecule has 3 nitrogen and oxygen atoms in total. The summed E-state index contributed by atoms with van der Waals surface area (Å²) in [6.45, 7) is 0. The van der Waals surface area contributed by atoms with E-state index in [0.717, 1.165) is 4.90 Å². The maximum absolute atomic E-state index is 10.6. The quantitative estimate of drug-likeness (QED) is 0.807. The molecule has 1 aromatic heterocycles. The third kappa shape index (κ3) is 3.40. The van der Waals surface area contributed by atoms with Crippen LogP contribution < -0.4 is 0 Å². The van der Waals surface area contributed by atoms with Crippen molar-refractivity contribution >= 4 is 29.3 Å². The summed E-state index contributed by atoms with van der Waals surface area (Å²) < 4.78 is 0. The van der Waals surface area contributed by atoms with Gasteiger partial charge in [0.25, 0.3) is 0 Å². The molecule has 0 spiro atoms. The first-order valence-corrected chi connectivity index (χ1v) is 5.23. The zero-order valence-corrected chi connectivity index (χ0v) is 8.76. The first-order chi connectivity index (χ1) is 6.74. The van der Waals surface area contributed by atoms with Gasteiger partial charge in [0.2, 0.25) is 0 Å². The van der Waals surface area contributed by atoms with E-state index in [2.05, 4.69) is 4.98 Å². The minimum Gasteiger partial charge on any atom is -0.477 e. The number of pyridine rings is 1. The first-order valence-electron chi connectivity index (χ1n) is 3.81. The Labute approximate surface area is 90.8 Å². The van der Waals surface area contributed by atoms with Crippen molar-refractivity contribution in [3.05, 3.63) is 35.6 Å². The molecular formula is C9H8ClNO2S. The molecule has 0 aliphatic rings. The summed E-state index contributed by atoms with van der Waals surface area (Å²) in [7, 11) is 0. The van der Waals surface area contributed by atoms with Crippen LogP contribution in [-0.4, -0.2) is 21.8 Å². The summed E-state index contributed by atoms with van der Waals surface area (Å²) in [6.07, 6.45) is 3.27. The van der Waals surface area contributed by atoms with Gasteiger partial charge < -0.3 is 5.11 Å². The molecule has 1 rings (SSSR count). The molecule has 0 saturated carbocycles. The highest BCUT2D eigenvalue weighted by Crippen LogP contribution is 2.17. The van der Waals surface area contributed by atoms with Crippen molar-refractivity contribution in [1.29, 1.82) is 0 Å². The Morgan fingerprint density at radius 3 is 3.14 bits per heavy atom. The largest absolute Gasteiger partial charge is 0.477 e. The van der Waals surface area contributed by atoms with E-state index in [1.807, 2.05) is 0 Å². The van der Waals surface area contributed by atoms with Gasteiger partial charge in [-0.25, -0.2) is 9.78 Å². The van der Waals surface area contributed by atoms with Crippen LogP contribution in [0.2, 0.25) is 0 Å². The molecule has 5 heteroatoms. The van der Waals surface area contributed by atoms with Crippen molar-refractivity contribution in [2.45, 2.75) is 4.90 Å². The van der Waals surface area contributed by atoms with Crippen molar-refractivity contribution in [2.24, 2.45) is 0 Å². The third-order valence-electron chi connectivity index (χ3n) is 1.39. The lowest BCUT2D eigenvalue weighted by Crippen LogP contribution is -1.99. The van der Waals surface area contributed by atoms with Crippen molar-refractivity contribution in [1.82, 2.24) is 4.98 Å². The highest BCUT2D eigenvalue weighted by Gasteiger charge is 2.04. The SMILES string of the molecule is O=C(O)c1cc(SCC=CCl)ccn1. The molecule has 0 radical (unpaired) electrons. The number of hydrogen-bond donors (Lipinski definition) is 1. The van der Waals surface area contributed by atoms with E-state index in [9.17, 15) is 4.79 Å². The Balaban J connectivity index is 2.68. The Morgan fingerprint density at radius 1 is 1.71 bits per heavy atom. The summed E-state index contributed by atoms with van der Waals surface area (Å²) in [5.74, 6) is -0.299. The predicted molar refractivity (Wildman–Crippen MR) is 56.9 cm³/mol. The van der Waals surface area contributed by atoms with E-state index in [-0.39, 0.29) is 5.69 Å². The summed E-state index contributed by atoms with van der Waals surface area (Å²) in [6, 6.07) is 3.30. The number of halogens is 1. The van der Waals surface area contributed by atoms with Gasteiger partial charge in [-0.05, 0) is 12.1 Å². The van der Waals surface area contributed by atoms with Gasteiger partial charge in [-0.3, -0.25) is 0 Å². The molecule has 1 heterocycles. The number of aromatic nitrogens is 1. The Kier molecular flexibility index (Phi) is 4.49. The monoisotopic (exact) mass is 229 g/mol. The van der Waals surface area contributed by atoms with Crippen LogP contribution in [0.25, 0.3) is 0 Å². The number of aromatic carboxylic acids is 1. The standard InChI is InChI=1S/C9H8ClNO2S/c10-3-1-5-14-7-2-4-11-8(6-7)9(12)13/h1-4,6H,5H2,(H,12,13). The normalized spacial score (nSPS) is 10.6. The molecule has 0 amide bonds. The lowest BCUT2D eigenvalue weighted by atomic mass is 10.3. The van der Waals surface area contributed by atoms with Crippen molar-refractivity contribution in [3.8, 4) is 0 Å². The van der Waals surface area contributed by atoms with Crippen LogP contribution in [0.1, 0.15) is 10.5 Å². The van der Waals surface area contributed by atoms with Crippen LogP contribution in [0.3, 0.4) is 0 Å². The number of carboxylic acid groups (broad SMARTS) is 1. The average molecular weight is 230 g/mol. The van der Waals surface area contributed by atoms with Crippen LogP contribution in [0.4, 0.5) is 0 Å². The number of nitrogens with zero attached hydrogens (tertiary/aromatic N) is 1. The van der Waals surface area contributed by atoms with Gasteiger partial charge in [0.1, 0.15) is 5.69 Å². The molecule has 0 aromatic carbocycles. The van der Waals surface area contributed by atoms with Crippen molar-refractivity contribution < 1.29 is 9.90 Å². The topological polar surface area (TPSA) is 50.2 Å². The van der Waals surface area contributed by atoms with E-state index >= 15 is 0 Å². The molecule has 0 fully saturated rings. The molecule has 0 atom stereocenters. The Hall–Kier alpha value is -1.00. The van der Waals surface area contributed by atoms with Crippen LogP contribution in [0.5, 0.6) is 0 Å². The van der Waals surface area contributed by atoms with Crippen molar-refractivity contribution in [2.75, 3.05) is 5.75 Å². The fourth-order valence-electron chi connectivity index (χ4n) is 0.799. The molecule has 1 aromatic rings. The van der Waals surface area contributed by atoms with Crippen molar-refractivity contribution in [3.63, 3.8) is 0 Å². The minimum absolute atomic E-state index is 0.0600. The number of rotatable bonds is 4. The minimum atomic E-state index is -1.01. The Bertz CT molecular complexity index is 354. The summed E-state index contributed by atoms with van der Waals surface area (Å²) in [5.41, 5.74) is 1.50. The highest BCUT2D eigenvalue weighted by atomic mass is 35.5. The average Bonchev–Trinajstić information content (AvgIpc) is 2.19. The number of thioether (sulfide) groups is 1. The molecule has 1 N–H and O–H groups in total. The summed E-state index contributed by atoms with van der Waals surface area (Å²) in [5, 5.41) is 8.67. The van der Waals surface area contributed by atoms with Gasteiger partial charge in [0.15, 0.2) is 0 Å². The van der Waals surface area contributed by atoms with Gasteiger partial charge in [-0.1, -0.05) is 17.7 Å². The van der Waals surface area contributed by atoms with E-state index < -0.39 is 5.97 Å². The van der Waals surface area contributed by atoms with Gasteiger partial charge >= 0.3 is 5.97 Å². The molecule has 74 valence electrons. The zero-order chi connectivity index (χ0) is 10.4. The smallest absolute Gasteiger partial charge is 0.354 e. The number of carbonyl (C=O) groups is 1. The molecular weight excluding hydrogens is 222 g/mol. The van der Waals surface area contributed by atoms with E-state index in [1.54, 1.807) is 12.1 Å². The maximum atomic E-state index is 10.6. The third-order valence-corrected chi connectivity index (χ3v) is 2.51. The van der Waals surface area contributed by atoms with Gasteiger partial charge in [0.05, 0.1) is 0 Å². The van der Waals surface area contributed by atoms with Gasteiger partial charge in [-0.15, -0.1) is 11.8 Å². The first kappa shape index (κ1) is 11.1. The second-order valence-electron chi connectivity index (χ2n) is 2.35. The second kappa shape index (κ2) is 5.67. The van der Waals surface area contributed by atoms with Gasteiger partial charge in [0, 0.05) is 22.4 Å². The second-order valence-corrected chi connectivity index (χ2v) is 3.70. The lowest BCUT2D eigenvalue weighted by Gasteiger charge is -1.98. The number of carboxylic acids is 1. The fraction of sp³-hybridized carbons (Fsp3) is 0.111. The fourth-order valence-corrected chi connectivity index (χ4v) is 1.73. The highest BCUT2D eigenvalue weighted by molar-refractivity contribution is 7.99. The molecule has 0 aliphatic carbocycles. The molecule has 0 aliphatic heterocycles. The van der Waals surface area contributed by atoms with Gasteiger partial charge in [-0.2, -0.15) is 0 Å². The molecule has 0 bridgehead atoms. The van der Waals surface area contributed by atoms with E-state index in [1.165, 1.54) is 29.6 Å². The zero-order valence-electron chi connectivity index (χ0n) is 7.18. The predicted octanol–water partition coefficient (Wildman–Crippen LogP) is 2.62. The van der Waals surface area contributed by atoms with Crippen LogP contribution in [-0.2, 0) is 0 Å². The van der Waals surface area contributed by atoms with Crippen LogP contribution >= 0.6 is 23.4 Å². The molecule has 0 unspecified atom stereocenters. The van der Waals surface area contributed by atoms with Crippen LogP contribution in [0.15, 0.2) is 34.8 Å². The molecule has 14 heavy (non-hydrogen) atoms. The van der Waals surface area contributed by atoms with E-state index in [4.69, 9.17) is 16.7 Å². The van der Waals surface area contributed by atoms with E-state index in [0.29, 0.717) is 5.75 Å². The lowest BCUT2D eigenvalue weighted by molar-refractivity contribution is 0.0690. The summed E-state index contributed by atoms with van der Waals surface area (Å²) >= 11 is 6.85. The molecule has 0 saturated heterocycles. The summed E-state index contributed by atoms with van der Waals surface area (Å²) in [4.78, 5) is 15.2. The maximum Gasteiger partial charge on any atom is 0.354 e.